The number of benzene rings is 1. The maximum absolute atomic E-state index is 12.0. The second-order valence-corrected chi connectivity index (χ2v) is 4.56. The molecule has 3 rings (SSSR count). The Kier molecular flexibility index (Phi) is 2.63. The molecule has 0 fully saturated rings. The Labute approximate surface area is 105 Å². The predicted octanol–water partition coefficient (Wildman–Crippen LogP) is 2.33. The summed E-state index contributed by atoms with van der Waals surface area (Å²) in [4.78, 5) is 12.0. The number of aromatic nitrogens is 2. The van der Waals surface area contributed by atoms with Crippen LogP contribution in [0.5, 0.6) is 5.75 Å². The second kappa shape index (κ2) is 4.29. The number of nitrogens with one attached hydrogen (secondary N) is 1. The molecule has 0 aliphatic heterocycles. The fraction of sp³-hybridized carbons (Fsp3) is 0.286. The number of aromatic amines is 1. The third-order valence-electron chi connectivity index (χ3n) is 3.49. The predicted molar refractivity (Wildman–Crippen MR) is 67.0 cm³/mol. The summed E-state index contributed by atoms with van der Waals surface area (Å²) in [7, 11) is 1.65. The van der Waals surface area contributed by atoms with Crippen molar-refractivity contribution in [2.45, 2.75) is 18.8 Å². The summed E-state index contributed by atoms with van der Waals surface area (Å²) in [5.74, 6) is 1.24. The molecule has 1 N–H and O–H groups in total. The van der Waals surface area contributed by atoms with E-state index in [1.165, 1.54) is 5.56 Å². The maximum Gasteiger partial charge on any atom is 0.166 e. The van der Waals surface area contributed by atoms with Gasteiger partial charge in [-0.3, -0.25) is 9.89 Å². The van der Waals surface area contributed by atoms with Crippen molar-refractivity contribution < 1.29 is 9.53 Å². The largest absolute Gasteiger partial charge is 0.497 e. The summed E-state index contributed by atoms with van der Waals surface area (Å²) in [6, 6.07) is 7.92. The fourth-order valence-corrected chi connectivity index (χ4v) is 2.47. The third-order valence-corrected chi connectivity index (χ3v) is 3.49. The molecular weight excluding hydrogens is 228 g/mol. The standard InChI is InChI=1S/C14H14N2O2/c1-18-11-4-2-9(3-5-11)10-6-13-12(8-15-16-13)14(17)7-10/h2-5,8,10H,6-7H2,1H3,(H,15,16)/t10-/m0/s1. The highest BCUT2D eigenvalue weighted by Gasteiger charge is 2.27. The summed E-state index contributed by atoms with van der Waals surface area (Å²) in [5, 5.41) is 6.86. The molecule has 18 heavy (non-hydrogen) atoms. The van der Waals surface area contributed by atoms with Crippen LogP contribution in [0.2, 0.25) is 0 Å². The minimum atomic E-state index is 0.172. The Hall–Kier alpha value is -2.10. The summed E-state index contributed by atoms with van der Waals surface area (Å²) in [6.07, 6.45) is 3.02. The Morgan fingerprint density at radius 2 is 2.06 bits per heavy atom. The van der Waals surface area contributed by atoms with Crippen LogP contribution in [0.3, 0.4) is 0 Å². The van der Waals surface area contributed by atoms with E-state index in [1.54, 1.807) is 13.3 Å². The SMILES string of the molecule is COc1ccc([C@@H]2CC(=O)c3cn[nH]c3C2)cc1. The minimum Gasteiger partial charge on any atom is -0.497 e. The van der Waals surface area contributed by atoms with E-state index in [1.807, 2.05) is 24.3 Å². The summed E-state index contributed by atoms with van der Waals surface area (Å²) in [5.41, 5.74) is 2.87. The molecule has 1 aromatic carbocycles. The first-order valence-electron chi connectivity index (χ1n) is 5.97. The average molecular weight is 242 g/mol. The number of ketones is 1. The van der Waals surface area contributed by atoms with E-state index in [-0.39, 0.29) is 11.7 Å². The molecule has 0 saturated carbocycles. The van der Waals surface area contributed by atoms with E-state index in [4.69, 9.17) is 4.74 Å². The summed E-state index contributed by atoms with van der Waals surface area (Å²) >= 11 is 0. The van der Waals surface area contributed by atoms with Crippen molar-refractivity contribution in [1.29, 1.82) is 0 Å². The number of methoxy groups -OCH3 is 1. The van der Waals surface area contributed by atoms with E-state index < -0.39 is 0 Å². The van der Waals surface area contributed by atoms with Crippen LogP contribution in [0.1, 0.15) is 34.0 Å². The number of fused-ring (bicyclic) bond motifs is 1. The second-order valence-electron chi connectivity index (χ2n) is 4.56. The van der Waals surface area contributed by atoms with Crippen molar-refractivity contribution >= 4 is 5.78 Å². The van der Waals surface area contributed by atoms with Gasteiger partial charge in [-0.15, -0.1) is 0 Å². The van der Waals surface area contributed by atoms with Crippen LogP contribution < -0.4 is 4.74 Å². The molecule has 4 nitrogen and oxygen atoms in total. The molecule has 2 aromatic rings. The normalized spacial score (nSPS) is 18.5. The third kappa shape index (κ3) is 1.79. The van der Waals surface area contributed by atoms with Crippen molar-refractivity contribution in [3.05, 3.63) is 47.3 Å². The summed E-state index contributed by atoms with van der Waals surface area (Å²) < 4.78 is 5.14. The Morgan fingerprint density at radius 1 is 1.28 bits per heavy atom. The number of nitrogens with zero attached hydrogens (tertiary/aromatic N) is 1. The van der Waals surface area contributed by atoms with Gasteiger partial charge in [-0.1, -0.05) is 12.1 Å². The van der Waals surface area contributed by atoms with Gasteiger partial charge in [0.2, 0.25) is 0 Å². The molecule has 1 heterocycles. The molecule has 0 spiro atoms. The van der Waals surface area contributed by atoms with Gasteiger partial charge in [-0.25, -0.2) is 0 Å². The van der Waals surface area contributed by atoms with Gasteiger partial charge in [0.1, 0.15) is 5.75 Å². The van der Waals surface area contributed by atoms with E-state index >= 15 is 0 Å². The van der Waals surface area contributed by atoms with Crippen LogP contribution in [-0.2, 0) is 6.42 Å². The molecule has 1 aliphatic rings. The first kappa shape index (κ1) is 11.0. The number of rotatable bonds is 2. The van der Waals surface area contributed by atoms with Gasteiger partial charge in [-0.2, -0.15) is 5.10 Å². The highest BCUT2D eigenvalue weighted by atomic mass is 16.5. The van der Waals surface area contributed by atoms with Gasteiger partial charge < -0.3 is 4.74 Å². The van der Waals surface area contributed by atoms with E-state index in [0.29, 0.717) is 6.42 Å². The lowest BCUT2D eigenvalue weighted by Gasteiger charge is -2.21. The van der Waals surface area contributed by atoms with Gasteiger partial charge in [0.15, 0.2) is 5.78 Å². The first-order valence-corrected chi connectivity index (χ1v) is 5.97. The van der Waals surface area contributed by atoms with Crippen LogP contribution in [0, 0.1) is 0 Å². The molecule has 1 aliphatic carbocycles. The van der Waals surface area contributed by atoms with Gasteiger partial charge in [-0.05, 0) is 30.0 Å². The zero-order chi connectivity index (χ0) is 12.5. The maximum atomic E-state index is 12.0. The van der Waals surface area contributed by atoms with Crippen molar-refractivity contribution in [3.63, 3.8) is 0 Å². The Bertz CT molecular complexity index is 572. The number of hydrogen-bond acceptors (Lipinski definition) is 3. The van der Waals surface area contributed by atoms with Crippen LogP contribution in [-0.4, -0.2) is 23.1 Å². The lowest BCUT2D eigenvalue weighted by molar-refractivity contribution is 0.0964. The average Bonchev–Trinajstić information content (AvgIpc) is 2.88. The molecule has 0 radical (unpaired) electrons. The number of ether oxygens (including phenoxy) is 1. The molecule has 0 bridgehead atoms. The zero-order valence-corrected chi connectivity index (χ0v) is 10.1. The summed E-state index contributed by atoms with van der Waals surface area (Å²) in [6.45, 7) is 0. The molecule has 1 atom stereocenters. The minimum absolute atomic E-state index is 0.172. The van der Waals surface area contributed by atoms with Crippen molar-refractivity contribution in [2.75, 3.05) is 7.11 Å². The zero-order valence-electron chi connectivity index (χ0n) is 10.1. The molecule has 0 amide bonds. The number of carbonyl (C=O) groups excluding carboxylic acids is 1. The lowest BCUT2D eigenvalue weighted by atomic mass is 9.82. The van der Waals surface area contributed by atoms with Gasteiger partial charge in [0, 0.05) is 12.1 Å². The van der Waals surface area contributed by atoms with Crippen LogP contribution in [0.25, 0.3) is 0 Å². The van der Waals surface area contributed by atoms with Crippen molar-refractivity contribution in [3.8, 4) is 5.75 Å². The Balaban J connectivity index is 1.88. The number of Topliss-reactive ketones (excluding diaryl/α,β-unsaturated/α-hetero) is 1. The highest BCUT2D eigenvalue weighted by Crippen LogP contribution is 2.32. The lowest BCUT2D eigenvalue weighted by Crippen LogP contribution is -2.17. The first-order chi connectivity index (χ1) is 8.78. The monoisotopic (exact) mass is 242 g/mol. The van der Waals surface area contributed by atoms with Crippen LogP contribution in [0.4, 0.5) is 0 Å². The smallest absolute Gasteiger partial charge is 0.166 e. The molecule has 4 heteroatoms. The van der Waals surface area contributed by atoms with Crippen LogP contribution in [0.15, 0.2) is 30.5 Å². The van der Waals surface area contributed by atoms with E-state index in [2.05, 4.69) is 10.2 Å². The van der Waals surface area contributed by atoms with Crippen molar-refractivity contribution in [2.24, 2.45) is 0 Å². The fourth-order valence-electron chi connectivity index (χ4n) is 2.47. The molecule has 0 saturated heterocycles. The molecule has 92 valence electrons. The highest BCUT2D eigenvalue weighted by molar-refractivity contribution is 5.98. The number of hydrogen-bond donors (Lipinski definition) is 1. The molecule has 0 unspecified atom stereocenters. The topological polar surface area (TPSA) is 55.0 Å². The Morgan fingerprint density at radius 3 is 2.78 bits per heavy atom. The van der Waals surface area contributed by atoms with Gasteiger partial charge >= 0.3 is 0 Å². The molecule has 1 aromatic heterocycles. The molecular formula is C14H14N2O2. The van der Waals surface area contributed by atoms with Crippen LogP contribution >= 0.6 is 0 Å². The van der Waals surface area contributed by atoms with Gasteiger partial charge in [0.25, 0.3) is 0 Å². The van der Waals surface area contributed by atoms with Crippen molar-refractivity contribution in [1.82, 2.24) is 10.2 Å². The number of carbonyl (C=O) groups is 1. The van der Waals surface area contributed by atoms with E-state index in [9.17, 15) is 4.79 Å². The van der Waals surface area contributed by atoms with E-state index in [0.717, 1.165) is 23.4 Å². The van der Waals surface area contributed by atoms with Gasteiger partial charge in [0.05, 0.1) is 18.9 Å². The quantitative estimate of drug-likeness (QED) is 0.879. The number of H-pyrrole nitrogens is 1.